The Morgan fingerprint density at radius 1 is 1.09 bits per heavy atom. The number of ether oxygens (including phenoxy) is 2. The van der Waals surface area contributed by atoms with Gasteiger partial charge in [-0.2, -0.15) is 0 Å². The zero-order valence-electron chi connectivity index (χ0n) is 19.0. The molecule has 0 aromatic heterocycles. The van der Waals surface area contributed by atoms with Crippen LogP contribution in [-0.4, -0.2) is 43.3 Å². The topological polar surface area (TPSA) is 50.8 Å². The minimum atomic E-state index is -0.266. The number of carbonyl (C=O) groups excluding carboxylic acids is 1. The van der Waals surface area contributed by atoms with Gasteiger partial charge in [0.25, 0.3) is 0 Å². The van der Waals surface area contributed by atoms with Crippen LogP contribution in [0.1, 0.15) is 49.4 Å². The number of fused-ring (bicyclic) bond motifs is 5. The van der Waals surface area contributed by atoms with E-state index in [1.807, 2.05) is 0 Å². The van der Waals surface area contributed by atoms with Crippen molar-refractivity contribution in [3.63, 3.8) is 0 Å². The molecule has 32 heavy (non-hydrogen) atoms. The van der Waals surface area contributed by atoms with Crippen molar-refractivity contribution in [2.75, 3.05) is 26.2 Å². The van der Waals surface area contributed by atoms with Crippen molar-refractivity contribution in [3.8, 4) is 16.9 Å². The quantitative estimate of drug-likeness (QED) is 0.762. The first kappa shape index (κ1) is 20.1. The summed E-state index contributed by atoms with van der Waals surface area (Å²) in [5.74, 6) is 1.54. The molecule has 7 rings (SSSR count). The summed E-state index contributed by atoms with van der Waals surface area (Å²) < 4.78 is 11.6. The molecule has 1 aliphatic carbocycles. The van der Waals surface area contributed by atoms with Crippen LogP contribution >= 0.6 is 0 Å². The summed E-state index contributed by atoms with van der Waals surface area (Å²) in [6.07, 6.45) is 3.98. The van der Waals surface area contributed by atoms with Gasteiger partial charge in [-0.15, -0.1) is 0 Å². The molecule has 5 heteroatoms. The second-order valence-electron chi connectivity index (χ2n) is 10.7. The van der Waals surface area contributed by atoms with Crippen LogP contribution in [0.25, 0.3) is 11.1 Å². The molecule has 5 aliphatic rings. The molecule has 4 heterocycles. The molecule has 168 valence electrons. The molecule has 1 unspecified atom stereocenters. The van der Waals surface area contributed by atoms with Crippen molar-refractivity contribution in [2.45, 2.75) is 51.7 Å². The number of nitrogens with one attached hydrogen (secondary N) is 1. The van der Waals surface area contributed by atoms with E-state index in [1.165, 1.54) is 27.8 Å². The van der Waals surface area contributed by atoms with Crippen LogP contribution in [0, 0.1) is 11.3 Å². The fourth-order valence-corrected chi connectivity index (χ4v) is 6.21. The molecule has 1 amide bonds. The molecular weight excluding hydrogens is 400 g/mol. The van der Waals surface area contributed by atoms with Gasteiger partial charge >= 0.3 is 6.09 Å². The van der Waals surface area contributed by atoms with Crippen molar-refractivity contribution in [3.05, 3.63) is 53.1 Å². The van der Waals surface area contributed by atoms with Crippen LogP contribution in [0.4, 0.5) is 4.79 Å². The summed E-state index contributed by atoms with van der Waals surface area (Å²) in [5, 5.41) is 3.23. The summed E-state index contributed by atoms with van der Waals surface area (Å²) >= 11 is 0. The lowest BCUT2D eigenvalue weighted by Crippen LogP contribution is -2.53. The number of carbonyl (C=O) groups is 1. The predicted octanol–water partition coefficient (Wildman–Crippen LogP) is 4.73. The second kappa shape index (κ2) is 7.51. The molecule has 0 spiro atoms. The maximum absolute atomic E-state index is 12.9. The Morgan fingerprint density at radius 2 is 1.84 bits per heavy atom. The van der Waals surface area contributed by atoms with Crippen molar-refractivity contribution in [1.82, 2.24) is 10.2 Å². The summed E-state index contributed by atoms with van der Waals surface area (Å²) in [4.78, 5) is 15.3. The van der Waals surface area contributed by atoms with Crippen LogP contribution in [-0.2, 0) is 17.6 Å². The number of alkyl carbamates (subject to hydrolysis) is 1. The van der Waals surface area contributed by atoms with Crippen LogP contribution < -0.4 is 10.1 Å². The van der Waals surface area contributed by atoms with Crippen molar-refractivity contribution >= 4 is 6.09 Å². The van der Waals surface area contributed by atoms with Crippen molar-refractivity contribution < 1.29 is 14.3 Å². The Balaban J connectivity index is 1.20. The molecule has 2 bridgehead atoms. The van der Waals surface area contributed by atoms with Gasteiger partial charge in [0.15, 0.2) is 0 Å². The summed E-state index contributed by atoms with van der Waals surface area (Å²) in [7, 11) is 0. The Labute approximate surface area is 190 Å². The molecule has 2 aromatic rings. The van der Waals surface area contributed by atoms with E-state index in [4.69, 9.17) is 9.47 Å². The third-order valence-electron chi connectivity index (χ3n) is 8.02. The molecule has 2 atom stereocenters. The first-order chi connectivity index (χ1) is 15.5. The Hall–Kier alpha value is -2.53. The van der Waals surface area contributed by atoms with Gasteiger partial charge in [-0.1, -0.05) is 38.1 Å². The van der Waals surface area contributed by atoms with Gasteiger partial charge in [-0.05, 0) is 83.6 Å². The molecule has 1 N–H and O–H groups in total. The monoisotopic (exact) mass is 432 g/mol. The highest BCUT2D eigenvalue weighted by molar-refractivity contribution is 5.71. The maximum Gasteiger partial charge on any atom is 0.407 e. The van der Waals surface area contributed by atoms with Crippen LogP contribution in [0.3, 0.4) is 0 Å². The van der Waals surface area contributed by atoms with Gasteiger partial charge in [0.05, 0.1) is 12.6 Å². The average Bonchev–Trinajstić information content (AvgIpc) is 3.35. The van der Waals surface area contributed by atoms with Gasteiger partial charge < -0.3 is 14.8 Å². The SMILES string of the molecule is CC1(C)Cc2cc(-c3ccc4c(c3)CCO4)ccc2C1NC(=O)O[C@@H]1CN2CCC1CC2. The number of piperidine rings is 3. The van der Waals surface area contributed by atoms with Gasteiger partial charge in [0.2, 0.25) is 0 Å². The van der Waals surface area contributed by atoms with E-state index in [0.717, 1.165) is 57.7 Å². The lowest BCUT2D eigenvalue weighted by Gasteiger charge is -2.44. The number of amides is 1. The molecule has 3 fully saturated rings. The summed E-state index contributed by atoms with van der Waals surface area (Å²) in [6, 6.07) is 13.1. The molecule has 3 saturated heterocycles. The fourth-order valence-electron chi connectivity index (χ4n) is 6.21. The zero-order valence-corrected chi connectivity index (χ0v) is 19.0. The third-order valence-corrected chi connectivity index (χ3v) is 8.02. The highest BCUT2D eigenvalue weighted by Crippen LogP contribution is 2.46. The van der Waals surface area contributed by atoms with Gasteiger partial charge in [-0.25, -0.2) is 4.79 Å². The minimum absolute atomic E-state index is 0.0337. The molecule has 4 aliphatic heterocycles. The minimum Gasteiger partial charge on any atom is -0.493 e. The fraction of sp³-hybridized carbons (Fsp3) is 0.519. The van der Waals surface area contributed by atoms with E-state index >= 15 is 0 Å². The number of rotatable bonds is 3. The average molecular weight is 433 g/mol. The van der Waals surface area contributed by atoms with E-state index in [-0.39, 0.29) is 23.7 Å². The van der Waals surface area contributed by atoms with E-state index in [0.29, 0.717) is 5.92 Å². The highest BCUT2D eigenvalue weighted by atomic mass is 16.6. The van der Waals surface area contributed by atoms with Crippen LogP contribution in [0.5, 0.6) is 5.75 Å². The second-order valence-corrected chi connectivity index (χ2v) is 10.7. The first-order valence-corrected chi connectivity index (χ1v) is 12.0. The standard InChI is InChI=1S/C27H32N2O3/c1-27(2)15-21-14-18(19-4-6-23-20(13-19)9-12-31-23)3-5-22(21)25(27)28-26(30)32-24-16-29-10-7-17(24)8-11-29/h3-6,13-14,17,24-25H,7-12,15-16H2,1-2H3,(H,28,30)/t24-,25?/m1/s1. The first-order valence-electron chi connectivity index (χ1n) is 12.0. The molecule has 0 radical (unpaired) electrons. The van der Waals surface area contributed by atoms with E-state index in [2.05, 4.69) is 60.5 Å². The number of hydrogen-bond donors (Lipinski definition) is 1. The Bertz CT molecular complexity index is 1050. The van der Waals surface area contributed by atoms with Crippen molar-refractivity contribution in [1.29, 1.82) is 0 Å². The largest absolute Gasteiger partial charge is 0.493 e. The number of hydrogen-bond acceptors (Lipinski definition) is 4. The Kier molecular flexibility index (Phi) is 4.72. The van der Waals surface area contributed by atoms with E-state index in [1.54, 1.807) is 0 Å². The Morgan fingerprint density at radius 3 is 2.59 bits per heavy atom. The lowest BCUT2D eigenvalue weighted by molar-refractivity contribution is -0.0348. The normalized spacial score (nSPS) is 29.2. The van der Waals surface area contributed by atoms with E-state index in [9.17, 15) is 4.79 Å². The highest BCUT2D eigenvalue weighted by Gasteiger charge is 2.42. The lowest BCUT2D eigenvalue weighted by atomic mass is 9.85. The maximum atomic E-state index is 12.9. The predicted molar refractivity (Wildman–Crippen MR) is 124 cm³/mol. The van der Waals surface area contributed by atoms with Gasteiger partial charge in [-0.3, -0.25) is 4.90 Å². The summed E-state index contributed by atoms with van der Waals surface area (Å²) in [5.41, 5.74) is 6.23. The number of benzene rings is 2. The molecule has 0 saturated carbocycles. The van der Waals surface area contributed by atoms with Crippen molar-refractivity contribution in [2.24, 2.45) is 11.3 Å². The third kappa shape index (κ3) is 3.47. The molecule has 5 nitrogen and oxygen atoms in total. The summed E-state index contributed by atoms with van der Waals surface area (Å²) in [6.45, 7) is 8.43. The van der Waals surface area contributed by atoms with Crippen LogP contribution in [0.15, 0.2) is 36.4 Å². The smallest absolute Gasteiger partial charge is 0.407 e. The molecular formula is C27H32N2O3. The van der Waals surface area contributed by atoms with E-state index < -0.39 is 0 Å². The zero-order chi connectivity index (χ0) is 21.9. The van der Waals surface area contributed by atoms with Gasteiger partial charge in [0.1, 0.15) is 11.9 Å². The number of nitrogens with zero attached hydrogens (tertiary/aromatic N) is 1. The van der Waals surface area contributed by atoms with Gasteiger partial charge in [0, 0.05) is 13.0 Å². The van der Waals surface area contributed by atoms with Crippen LogP contribution in [0.2, 0.25) is 0 Å². The molecule has 2 aromatic carbocycles.